The fourth-order valence-electron chi connectivity index (χ4n) is 3.24. The fraction of sp³-hybridized carbons (Fsp3) is 0.333. The molecule has 2 aromatic rings. The van der Waals surface area contributed by atoms with Crippen LogP contribution in [0.3, 0.4) is 0 Å². The van der Waals surface area contributed by atoms with E-state index in [-0.39, 0.29) is 38.4 Å². The van der Waals surface area contributed by atoms with Crippen LogP contribution in [-0.4, -0.2) is 44.3 Å². The quantitative estimate of drug-likeness (QED) is 0.604. The van der Waals surface area contributed by atoms with Crippen LogP contribution >= 0.6 is 23.2 Å². The van der Waals surface area contributed by atoms with Crippen LogP contribution in [0, 0.1) is 0 Å². The van der Waals surface area contributed by atoms with Gasteiger partial charge in [0.2, 0.25) is 10.0 Å². The number of carbonyl (C=O) groups excluding carboxylic acids is 2. The third-order valence-corrected chi connectivity index (χ3v) is 7.40. The Bertz CT molecular complexity index is 1100. The van der Waals surface area contributed by atoms with Gasteiger partial charge in [-0.1, -0.05) is 29.6 Å². The topological polar surface area (TPSA) is 92.8 Å². The minimum Gasteiger partial charge on any atom is -0.462 e. The maximum absolute atomic E-state index is 12.9. The molecule has 7 nitrogen and oxygen atoms in total. The van der Waals surface area contributed by atoms with Gasteiger partial charge in [0.1, 0.15) is 0 Å². The molecule has 0 atom stereocenters. The molecule has 0 saturated carbocycles. The molecule has 1 aliphatic rings. The zero-order valence-corrected chi connectivity index (χ0v) is 19.2. The first-order valence-electron chi connectivity index (χ1n) is 9.81. The summed E-state index contributed by atoms with van der Waals surface area (Å²) in [5.41, 5.74) is 0.503. The summed E-state index contributed by atoms with van der Waals surface area (Å²) in [6.07, 6.45) is 2.61. The van der Waals surface area contributed by atoms with E-state index < -0.39 is 21.9 Å². The summed E-state index contributed by atoms with van der Waals surface area (Å²) in [7, 11) is -3.72. The van der Waals surface area contributed by atoms with Crippen LogP contribution in [0.15, 0.2) is 41.3 Å². The van der Waals surface area contributed by atoms with Gasteiger partial charge in [0.05, 0.1) is 38.4 Å². The van der Waals surface area contributed by atoms with Crippen LogP contribution in [-0.2, 0) is 14.8 Å². The number of halogens is 2. The molecule has 1 N–H and O–H groups in total. The minimum absolute atomic E-state index is 0.00490. The highest BCUT2D eigenvalue weighted by Gasteiger charge is 2.27. The summed E-state index contributed by atoms with van der Waals surface area (Å²) in [5, 5.41) is 2.85. The third-order valence-electron chi connectivity index (χ3n) is 4.86. The number of esters is 1. The van der Waals surface area contributed by atoms with Gasteiger partial charge in [0, 0.05) is 13.1 Å². The van der Waals surface area contributed by atoms with Crippen LogP contribution in [0.1, 0.15) is 46.9 Å². The molecule has 1 fully saturated rings. The average Bonchev–Trinajstić information content (AvgIpc) is 2.76. The second-order valence-electron chi connectivity index (χ2n) is 6.98. The van der Waals surface area contributed by atoms with Crippen molar-refractivity contribution in [3.63, 3.8) is 0 Å². The van der Waals surface area contributed by atoms with Crippen molar-refractivity contribution in [2.75, 3.05) is 25.0 Å². The van der Waals surface area contributed by atoms with E-state index in [0.717, 1.165) is 19.3 Å². The van der Waals surface area contributed by atoms with Crippen molar-refractivity contribution in [1.82, 2.24) is 4.31 Å². The number of hydrogen-bond donors (Lipinski definition) is 1. The molecule has 3 rings (SSSR count). The average molecular weight is 485 g/mol. The summed E-state index contributed by atoms with van der Waals surface area (Å²) < 4.78 is 32.2. The zero-order valence-electron chi connectivity index (χ0n) is 16.9. The summed E-state index contributed by atoms with van der Waals surface area (Å²) in [6.45, 7) is 2.82. The van der Waals surface area contributed by atoms with E-state index in [1.54, 1.807) is 6.92 Å². The number of benzene rings is 2. The zero-order chi connectivity index (χ0) is 22.6. The fourth-order valence-corrected chi connectivity index (χ4v) is 5.22. The van der Waals surface area contributed by atoms with E-state index in [2.05, 4.69) is 5.32 Å². The molecule has 1 heterocycles. The minimum atomic E-state index is -3.72. The molecular weight excluding hydrogens is 463 g/mol. The predicted octanol–water partition coefficient (Wildman–Crippen LogP) is 4.60. The third kappa shape index (κ3) is 5.38. The van der Waals surface area contributed by atoms with E-state index >= 15 is 0 Å². The second kappa shape index (κ2) is 9.99. The largest absolute Gasteiger partial charge is 0.462 e. The second-order valence-corrected chi connectivity index (χ2v) is 9.73. The molecule has 0 radical (unpaired) electrons. The van der Waals surface area contributed by atoms with Crippen LogP contribution in [0.25, 0.3) is 0 Å². The normalized spacial score (nSPS) is 14.8. The van der Waals surface area contributed by atoms with Crippen molar-refractivity contribution in [1.29, 1.82) is 0 Å². The van der Waals surface area contributed by atoms with E-state index in [4.69, 9.17) is 27.9 Å². The Hall–Kier alpha value is -2.13. The number of anilines is 1. The molecule has 10 heteroatoms. The first kappa shape index (κ1) is 23.5. The molecule has 0 unspecified atom stereocenters. The van der Waals surface area contributed by atoms with E-state index in [1.807, 2.05) is 0 Å². The number of hydrogen-bond acceptors (Lipinski definition) is 5. The molecule has 0 spiro atoms. The highest BCUT2D eigenvalue weighted by Crippen LogP contribution is 2.28. The number of sulfonamides is 1. The number of piperidine rings is 1. The van der Waals surface area contributed by atoms with Gasteiger partial charge in [0.15, 0.2) is 0 Å². The Balaban J connectivity index is 1.84. The molecule has 1 aliphatic heterocycles. The molecule has 0 bridgehead atoms. The van der Waals surface area contributed by atoms with Crippen molar-refractivity contribution in [3.8, 4) is 0 Å². The first-order chi connectivity index (χ1) is 14.7. The maximum Gasteiger partial charge on any atom is 0.338 e. The lowest BCUT2D eigenvalue weighted by Gasteiger charge is -2.26. The Morgan fingerprint density at radius 2 is 1.74 bits per heavy atom. The molecule has 31 heavy (non-hydrogen) atoms. The van der Waals surface area contributed by atoms with E-state index in [9.17, 15) is 18.0 Å². The lowest BCUT2D eigenvalue weighted by molar-refractivity contribution is 0.0526. The smallest absolute Gasteiger partial charge is 0.338 e. The van der Waals surface area contributed by atoms with Gasteiger partial charge in [-0.05, 0) is 56.2 Å². The maximum atomic E-state index is 12.9. The summed E-state index contributed by atoms with van der Waals surface area (Å²) in [6, 6.07) is 8.37. The van der Waals surface area contributed by atoms with Gasteiger partial charge in [0.25, 0.3) is 5.91 Å². The van der Waals surface area contributed by atoms with Crippen molar-refractivity contribution >= 4 is 50.8 Å². The van der Waals surface area contributed by atoms with E-state index in [1.165, 1.54) is 40.7 Å². The van der Waals surface area contributed by atoms with Gasteiger partial charge in [-0.3, -0.25) is 4.79 Å². The number of amides is 1. The van der Waals surface area contributed by atoms with Gasteiger partial charge in [-0.25, -0.2) is 13.2 Å². The predicted molar refractivity (Wildman–Crippen MR) is 119 cm³/mol. The molecule has 2 aromatic carbocycles. The number of rotatable bonds is 6. The lowest BCUT2D eigenvalue weighted by atomic mass is 10.1. The molecule has 0 aliphatic carbocycles. The van der Waals surface area contributed by atoms with Crippen molar-refractivity contribution in [2.45, 2.75) is 31.1 Å². The Morgan fingerprint density at radius 3 is 2.39 bits per heavy atom. The summed E-state index contributed by atoms with van der Waals surface area (Å²) in [4.78, 5) is 24.6. The van der Waals surface area contributed by atoms with Crippen LogP contribution < -0.4 is 5.32 Å². The number of carbonyl (C=O) groups is 2. The highest BCUT2D eigenvalue weighted by atomic mass is 35.5. The summed E-state index contributed by atoms with van der Waals surface area (Å²) >= 11 is 12.4. The monoisotopic (exact) mass is 484 g/mol. The van der Waals surface area contributed by atoms with Crippen molar-refractivity contribution < 1.29 is 22.7 Å². The van der Waals surface area contributed by atoms with Gasteiger partial charge in [-0.2, -0.15) is 4.31 Å². The molecule has 166 valence electrons. The number of nitrogens with zero attached hydrogens (tertiary/aromatic N) is 1. The highest BCUT2D eigenvalue weighted by molar-refractivity contribution is 7.89. The van der Waals surface area contributed by atoms with Gasteiger partial charge >= 0.3 is 5.97 Å². The van der Waals surface area contributed by atoms with Crippen LogP contribution in [0.4, 0.5) is 5.69 Å². The Kier molecular flexibility index (Phi) is 7.59. The van der Waals surface area contributed by atoms with E-state index in [0.29, 0.717) is 13.1 Å². The summed E-state index contributed by atoms with van der Waals surface area (Å²) in [5.74, 6) is -1.15. The Morgan fingerprint density at radius 1 is 1.03 bits per heavy atom. The standard InChI is InChI=1S/C21H22Cl2N2O5S/c1-2-30-21(27)14-6-9-19(18(23)12-14)24-20(26)16-13-15(7-8-17(16)22)31(28,29)25-10-4-3-5-11-25/h6-9,12-13H,2-5,10-11H2,1H3,(H,24,26). The van der Waals surface area contributed by atoms with Gasteiger partial charge < -0.3 is 10.1 Å². The lowest BCUT2D eigenvalue weighted by Crippen LogP contribution is -2.35. The first-order valence-corrected chi connectivity index (χ1v) is 12.0. The SMILES string of the molecule is CCOC(=O)c1ccc(NC(=O)c2cc(S(=O)(=O)N3CCCCC3)ccc2Cl)c(Cl)c1. The van der Waals surface area contributed by atoms with Crippen molar-refractivity contribution in [2.24, 2.45) is 0 Å². The molecule has 1 amide bonds. The Labute approximate surface area is 191 Å². The van der Waals surface area contributed by atoms with Gasteiger partial charge in [-0.15, -0.1) is 0 Å². The van der Waals surface area contributed by atoms with Crippen LogP contribution in [0.5, 0.6) is 0 Å². The molecule has 0 aromatic heterocycles. The number of nitrogens with one attached hydrogen (secondary N) is 1. The molecular formula is C21H22Cl2N2O5S. The number of ether oxygens (including phenoxy) is 1. The van der Waals surface area contributed by atoms with Crippen LogP contribution in [0.2, 0.25) is 10.0 Å². The molecule has 1 saturated heterocycles. The van der Waals surface area contributed by atoms with Crippen molar-refractivity contribution in [3.05, 3.63) is 57.6 Å².